The topological polar surface area (TPSA) is 61.8 Å². The number of hydrogen-bond acceptors (Lipinski definition) is 4. The van der Waals surface area contributed by atoms with Crippen LogP contribution in [0.5, 0.6) is 0 Å². The number of nitriles is 1. The molecule has 0 radical (unpaired) electrons. The molecule has 1 atom stereocenters. The fourth-order valence-electron chi connectivity index (χ4n) is 2.04. The van der Waals surface area contributed by atoms with Gasteiger partial charge in [-0.3, -0.25) is 0 Å². The second-order valence-corrected chi connectivity index (χ2v) is 6.35. The number of anilines is 2. The van der Waals surface area contributed by atoms with E-state index in [2.05, 4.69) is 18.3 Å². The number of nitrogen functional groups attached to an aromatic ring is 1. The molecule has 0 bridgehead atoms. The van der Waals surface area contributed by atoms with Crippen molar-refractivity contribution < 1.29 is 0 Å². The zero-order valence-corrected chi connectivity index (χ0v) is 10.8. The van der Waals surface area contributed by atoms with Crippen molar-refractivity contribution in [1.82, 2.24) is 0 Å². The van der Waals surface area contributed by atoms with Gasteiger partial charge in [-0.1, -0.05) is 0 Å². The van der Waals surface area contributed by atoms with Crippen molar-refractivity contribution in [2.45, 2.75) is 24.5 Å². The van der Waals surface area contributed by atoms with Crippen LogP contribution in [0.2, 0.25) is 0 Å². The lowest BCUT2D eigenvalue weighted by Crippen LogP contribution is -2.27. The maximum atomic E-state index is 8.86. The summed E-state index contributed by atoms with van der Waals surface area (Å²) in [6.07, 6.45) is 2.53. The number of thioether (sulfide) groups is 1. The number of nitrogens with two attached hydrogens (primary N) is 1. The Kier molecular flexibility index (Phi) is 3.49. The van der Waals surface area contributed by atoms with Gasteiger partial charge in [-0.25, -0.2) is 0 Å². The van der Waals surface area contributed by atoms with Gasteiger partial charge < -0.3 is 11.1 Å². The third-order valence-corrected chi connectivity index (χ3v) is 4.67. The fourth-order valence-corrected chi connectivity index (χ4v) is 3.28. The maximum Gasteiger partial charge on any atom is 0.0992 e. The van der Waals surface area contributed by atoms with Gasteiger partial charge in [-0.05, 0) is 43.7 Å². The first-order valence-corrected chi connectivity index (χ1v) is 6.79. The van der Waals surface area contributed by atoms with Gasteiger partial charge in [0.2, 0.25) is 0 Å². The van der Waals surface area contributed by atoms with E-state index >= 15 is 0 Å². The van der Waals surface area contributed by atoms with Gasteiger partial charge in [0.15, 0.2) is 0 Å². The molecule has 0 aromatic heterocycles. The summed E-state index contributed by atoms with van der Waals surface area (Å²) in [5, 5.41) is 12.2. The largest absolute Gasteiger partial charge is 0.397 e. The Balaban J connectivity index is 2.06. The summed E-state index contributed by atoms with van der Waals surface area (Å²) in [5.74, 6) is 1.24. The van der Waals surface area contributed by atoms with Crippen molar-refractivity contribution in [3.05, 3.63) is 23.8 Å². The Hall–Kier alpha value is -1.34. The molecule has 90 valence electrons. The van der Waals surface area contributed by atoms with Crippen molar-refractivity contribution >= 4 is 23.1 Å². The molecule has 1 unspecified atom stereocenters. The van der Waals surface area contributed by atoms with Gasteiger partial charge >= 0.3 is 0 Å². The van der Waals surface area contributed by atoms with Crippen LogP contribution in [-0.2, 0) is 0 Å². The molecular weight excluding hydrogens is 230 g/mol. The van der Waals surface area contributed by atoms with Crippen LogP contribution in [0.25, 0.3) is 0 Å². The van der Waals surface area contributed by atoms with E-state index in [1.165, 1.54) is 18.6 Å². The molecule has 4 heteroatoms. The normalized spacial score (nSPS) is 23.3. The molecule has 3 nitrogen and oxygen atoms in total. The Morgan fingerprint density at radius 1 is 1.59 bits per heavy atom. The number of nitrogens with one attached hydrogen (secondary N) is 1. The lowest BCUT2D eigenvalue weighted by Gasteiger charge is -2.24. The van der Waals surface area contributed by atoms with Crippen molar-refractivity contribution in [2.75, 3.05) is 23.3 Å². The molecule has 17 heavy (non-hydrogen) atoms. The van der Waals surface area contributed by atoms with Crippen LogP contribution in [0.4, 0.5) is 11.4 Å². The predicted molar refractivity (Wildman–Crippen MR) is 74.2 cm³/mol. The van der Waals surface area contributed by atoms with Gasteiger partial charge in [-0.15, -0.1) is 0 Å². The highest BCUT2D eigenvalue weighted by atomic mass is 32.2. The second-order valence-electron chi connectivity index (χ2n) is 4.67. The van der Waals surface area contributed by atoms with Crippen LogP contribution < -0.4 is 11.1 Å². The summed E-state index contributed by atoms with van der Waals surface area (Å²) in [6, 6.07) is 7.47. The highest BCUT2D eigenvalue weighted by Crippen LogP contribution is 2.38. The zero-order chi connectivity index (χ0) is 12.3. The summed E-state index contributed by atoms with van der Waals surface area (Å²) in [5.41, 5.74) is 8.11. The van der Waals surface area contributed by atoms with E-state index in [-0.39, 0.29) is 0 Å². The van der Waals surface area contributed by atoms with E-state index in [1.807, 2.05) is 17.8 Å². The molecule has 0 saturated carbocycles. The van der Waals surface area contributed by atoms with Crippen LogP contribution in [-0.4, -0.2) is 17.0 Å². The minimum absolute atomic E-state index is 0.301. The van der Waals surface area contributed by atoms with Gasteiger partial charge in [-0.2, -0.15) is 17.0 Å². The predicted octanol–water partition coefficient (Wildman–Crippen LogP) is 2.84. The fraction of sp³-hybridized carbons (Fsp3) is 0.462. The average Bonchev–Trinajstić information content (AvgIpc) is 2.76. The van der Waals surface area contributed by atoms with Crippen LogP contribution in [0.3, 0.4) is 0 Å². The van der Waals surface area contributed by atoms with Gasteiger partial charge in [0.1, 0.15) is 0 Å². The van der Waals surface area contributed by atoms with E-state index in [0.717, 1.165) is 12.2 Å². The van der Waals surface area contributed by atoms with E-state index in [0.29, 0.717) is 16.0 Å². The molecule has 1 aliphatic heterocycles. The highest BCUT2D eigenvalue weighted by Gasteiger charge is 2.29. The quantitative estimate of drug-likeness (QED) is 0.806. The van der Waals surface area contributed by atoms with Crippen LogP contribution >= 0.6 is 11.8 Å². The monoisotopic (exact) mass is 247 g/mol. The average molecular weight is 247 g/mol. The molecule has 1 heterocycles. The molecule has 1 aliphatic rings. The molecule has 0 spiro atoms. The molecule has 1 aromatic rings. The zero-order valence-electron chi connectivity index (χ0n) is 9.99. The Labute approximate surface area is 106 Å². The number of hydrogen-bond donors (Lipinski definition) is 2. The third-order valence-electron chi connectivity index (χ3n) is 3.14. The number of benzene rings is 1. The van der Waals surface area contributed by atoms with Gasteiger partial charge in [0.05, 0.1) is 23.0 Å². The summed E-state index contributed by atoms with van der Waals surface area (Å²) < 4.78 is 0.301. The van der Waals surface area contributed by atoms with Crippen LogP contribution in [0.1, 0.15) is 25.3 Å². The lowest BCUT2D eigenvalue weighted by atomic mass is 10.1. The maximum absolute atomic E-state index is 8.86. The summed E-state index contributed by atoms with van der Waals surface area (Å²) >= 11 is 2.01. The Morgan fingerprint density at radius 2 is 2.41 bits per heavy atom. The molecule has 0 amide bonds. The van der Waals surface area contributed by atoms with Crippen LogP contribution in [0, 0.1) is 11.3 Å². The molecule has 1 aromatic carbocycles. The van der Waals surface area contributed by atoms with E-state index in [4.69, 9.17) is 11.0 Å². The SMILES string of the molecule is CC1(CNc2cc(C#N)ccc2N)CCCS1. The second kappa shape index (κ2) is 4.89. The molecular formula is C13H17N3S. The summed E-state index contributed by atoms with van der Waals surface area (Å²) in [7, 11) is 0. The van der Waals surface area contributed by atoms with E-state index in [9.17, 15) is 0 Å². The first kappa shape index (κ1) is 12.1. The minimum Gasteiger partial charge on any atom is -0.397 e. The summed E-state index contributed by atoms with van der Waals surface area (Å²) in [4.78, 5) is 0. The van der Waals surface area contributed by atoms with Crippen LogP contribution in [0.15, 0.2) is 18.2 Å². The number of rotatable bonds is 3. The molecule has 1 saturated heterocycles. The van der Waals surface area contributed by atoms with E-state index in [1.54, 1.807) is 12.1 Å². The highest BCUT2D eigenvalue weighted by molar-refractivity contribution is 8.00. The summed E-state index contributed by atoms with van der Waals surface area (Å²) in [6.45, 7) is 3.18. The standard InChI is InChI=1S/C13H17N3S/c1-13(5-2-6-17-13)9-16-12-7-10(8-14)3-4-11(12)15/h3-4,7,16H,2,5-6,9,15H2,1H3. The smallest absolute Gasteiger partial charge is 0.0992 e. The van der Waals surface area contributed by atoms with Gasteiger partial charge in [0.25, 0.3) is 0 Å². The van der Waals surface area contributed by atoms with Crippen molar-refractivity contribution in [3.8, 4) is 6.07 Å². The lowest BCUT2D eigenvalue weighted by molar-refractivity contribution is 0.635. The van der Waals surface area contributed by atoms with Crippen molar-refractivity contribution in [3.63, 3.8) is 0 Å². The third kappa shape index (κ3) is 2.86. The minimum atomic E-state index is 0.301. The first-order valence-electron chi connectivity index (χ1n) is 5.80. The van der Waals surface area contributed by atoms with E-state index < -0.39 is 0 Å². The molecule has 0 aliphatic carbocycles. The Bertz CT molecular complexity index is 444. The molecule has 1 fully saturated rings. The van der Waals surface area contributed by atoms with Crippen molar-refractivity contribution in [2.24, 2.45) is 0 Å². The van der Waals surface area contributed by atoms with Gasteiger partial charge in [0, 0.05) is 11.3 Å². The van der Waals surface area contributed by atoms with Crippen molar-refractivity contribution in [1.29, 1.82) is 5.26 Å². The first-order chi connectivity index (χ1) is 8.13. The molecule has 3 N–H and O–H groups in total. The molecule has 2 rings (SSSR count). The Morgan fingerprint density at radius 3 is 3.06 bits per heavy atom. The number of nitrogens with zero attached hydrogens (tertiary/aromatic N) is 1.